The fourth-order valence-corrected chi connectivity index (χ4v) is 2.84. The van der Waals surface area contributed by atoms with E-state index in [-0.39, 0.29) is 0 Å². The van der Waals surface area contributed by atoms with Gasteiger partial charge in [0.15, 0.2) is 0 Å². The molecule has 2 unspecified atom stereocenters. The molecular formula is C19H20N4O. The highest BCUT2D eigenvalue weighted by Crippen LogP contribution is 2.34. The fourth-order valence-electron chi connectivity index (χ4n) is 2.84. The van der Waals surface area contributed by atoms with E-state index in [0.717, 1.165) is 23.9 Å². The number of rotatable bonds is 7. The van der Waals surface area contributed by atoms with Crippen LogP contribution < -0.4 is 10.1 Å². The Balaban J connectivity index is 1.40. The summed E-state index contributed by atoms with van der Waals surface area (Å²) in [5.41, 5.74) is 1.35. The number of para-hydroxylation sites is 2. The minimum atomic E-state index is 0.519. The predicted octanol–water partition coefficient (Wildman–Crippen LogP) is 3.17. The van der Waals surface area contributed by atoms with Crippen molar-refractivity contribution < 1.29 is 4.74 Å². The second kappa shape index (κ2) is 6.50. The van der Waals surface area contributed by atoms with E-state index in [4.69, 9.17) is 4.74 Å². The number of nitrogens with zero attached hydrogens (tertiary/aromatic N) is 3. The first-order chi connectivity index (χ1) is 11.8. The molecule has 5 heteroatoms. The molecule has 2 aromatic rings. The Kier molecular flexibility index (Phi) is 4.06. The Morgan fingerprint density at radius 1 is 1.25 bits per heavy atom. The third-order valence-corrected chi connectivity index (χ3v) is 4.52. The van der Waals surface area contributed by atoms with Crippen LogP contribution in [-0.4, -0.2) is 35.6 Å². The molecular weight excluding hydrogens is 300 g/mol. The van der Waals surface area contributed by atoms with Gasteiger partial charge in [-0.3, -0.25) is 4.90 Å². The first kappa shape index (κ1) is 15.0. The summed E-state index contributed by atoms with van der Waals surface area (Å²) in [7, 11) is 0. The van der Waals surface area contributed by atoms with E-state index >= 15 is 0 Å². The summed E-state index contributed by atoms with van der Waals surface area (Å²) in [6.07, 6.45) is 4.46. The molecule has 2 aliphatic rings. The van der Waals surface area contributed by atoms with Gasteiger partial charge in [-0.25, -0.2) is 4.98 Å². The number of hydrogen-bond donors (Lipinski definition) is 1. The van der Waals surface area contributed by atoms with Gasteiger partial charge in [-0.05, 0) is 43.0 Å². The number of benzene rings is 1. The molecule has 1 saturated heterocycles. The summed E-state index contributed by atoms with van der Waals surface area (Å²) < 4.78 is 6.02. The number of aromatic nitrogens is 1. The Hall–Kier alpha value is -2.58. The van der Waals surface area contributed by atoms with Crippen LogP contribution in [0, 0.1) is 17.2 Å². The second-order valence-corrected chi connectivity index (χ2v) is 6.49. The molecule has 1 aliphatic heterocycles. The number of anilines is 2. The molecule has 0 radical (unpaired) electrons. The van der Waals surface area contributed by atoms with Gasteiger partial charge in [0.25, 0.3) is 0 Å². The molecule has 1 aromatic heterocycles. The van der Waals surface area contributed by atoms with Crippen LogP contribution in [0.4, 0.5) is 11.5 Å². The van der Waals surface area contributed by atoms with Gasteiger partial charge >= 0.3 is 0 Å². The van der Waals surface area contributed by atoms with Crippen LogP contribution in [0.5, 0.6) is 5.75 Å². The van der Waals surface area contributed by atoms with Gasteiger partial charge in [-0.2, -0.15) is 5.26 Å². The van der Waals surface area contributed by atoms with E-state index in [2.05, 4.69) is 21.3 Å². The standard InChI is InChI=1S/C19H20N4O/c20-10-15-4-3-9-21-19(15)22-17-5-1-2-6-18(17)24-13-16-12-23(16)11-14-7-8-14/h1-6,9,14,16H,7-8,11-13H2,(H,21,22). The van der Waals surface area contributed by atoms with Crippen molar-refractivity contribution >= 4 is 11.5 Å². The monoisotopic (exact) mass is 320 g/mol. The molecule has 2 fully saturated rings. The van der Waals surface area contributed by atoms with Gasteiger partial charge in [0, 0.05) is 19.3 Å². The first-order valence-corrected chi connectivity index (χ1v) is 8.41. The maximum absolute atomic E-state index is 9.19. The van der Waals surface area contributed by atoms with Crippen LogP contribution in [0.15, 0.2) is 42.6 Å². The second-order valence-electron chi connectivity index (χ2n) is 6.49. The summed E-state index contributed by atoms with van der Waals surface area (Å²) in [6, 6.07) is 14.0. The summed E-state index contributed by atoms with van der Waals surface area (Å²) in [4.78, 5) is 6.73. The molecule has 4 rings (SSSR count). The van der Waals surface area contributed by atoms with Crippen LogP contribution in [0.25, 0.3) is 0 Å². The van der Waals surface area contributed by atoms with Crippen molar-refractivity contribution in [3.05, 3.63) is 48.2 Å². The minimum Gasteiger partial charge on any atom is -0.490 e. The Morgan fingerprint density at radius 2 is 2.12 bits per heavy atom. The molecule has 0 amide bonds. The van der Waals surface area contributed by atoms with E-state index in [1.54, 1.807) is 18.3 Å². The number of pyridine rings is 1. The van der Waals surface area contributed by atoms with Crippen LogP contribution in [0.2, 0.25) is 0 Å². The normalized spacial score (nSPS) is 21.8. The molecule has 2 heterocycles. The Bertz CT molecular complexity index is 766. The van der Waals surface area contributed by atoms with Crippen LogP contribution in [-0.2, 0) is 0 Å². The van der Waals surface area contributed by atoms with Gasteiger partial charge in [-0.15, -0.1) is 0 Å². The van der Waals surface area contributed by atoms with Crippen LogP contribution in [0.1, 0.15) is 18.4 Å². The largest absolute Gasteiger partial charge is 0.490 e. The summed E-state index contributed by atoms with van der Waals surface area (Å²) in [5, 5.41) is 12.4. The molecule has 1 aliphatic carbocycles. The van der Waals surface area contributed by atoms with Crippen LogP contribution in [0.3, 0.4) is 0 Å². The molecule has 24 heavy (non-hydrogen) atoms. The van der Waals surface area contributed by atoms with Gasteiger partial charge in [0.2, 0.25) is 0 Å². The number of nitriles is 1. The molecule has 122 valence electrons. The SMILES string of the molecule is N#Cc1cccnc1Nc1ccccc1OCC1CN1CC1CC1. The zero-order chi connectivity index (χ0) is 16.4. The third-order valence-electron chi connectivity index (χ3n) is 4.52. The maximum Gasteiger partial charge on any atom is 0.148 e. The first-order valence-electron chi connectivity index (χ1n) is 8.41. The molecule has 1 aromatic carbocycles. The van der Waals surface area contributed by atoms with E-state index in [0.29, 0.717) is 24.0 Å². The Morgan fingerprint density at radius 3 is 2.96 bits per heavy atom. The molecule has 1 N–H and O–H groups in total. The molecule has 1 saturated carbocycles. The number of nitrogens with one attached hydrogen (secondary N) is 1. The van der Waals surface area contributed by atoms with E-state index in [9.17, 15) is 5.26 Å². The van der Waals surface area contributed by atoms with Crippen molar-refractivity contribution in [1.29, 1.82) is 5.26 Å². The highest BCUT2D eigenvalue weighted by atomic mass is 16.5. The quantitative estimate of drug-likeness (QED) is 0.794. The smallest absolute Gasteiger partial charge is 0.148 e. The van der Waals surface area contributed by atoms with E-state index in [1.807, 2.05) is 24.3 Å². The zero-order valence-corrected chi connectivity index (χ0v) is 13.5. The number of hydrogen-bond acceptors (Lipinski definition) is 5. The van der Waals surface area contributed by atoms with Crippen molar-refractivity contribution in [3.8, 4) is 11.8 Å². The van der Waals surface area contributed by atoms with E-state index < -0.39 is 0 Å². The highest BCUT2D eigenvalue weighted by Gasteiger charge is 2.38. The minimum absolute atomic E-state index is 0.519. The van der Waals surface area contributed by atoms with E-state index in [1.165, 1.54) is 19.4 Å². The van der Waals surface area contributed by atoms with Gasteiger partial charge in [0.05, 0.1) is 17.3 Å². The fraction of sp³-hybridized carbons (Fsp3) is 0.368. The highest BCUT2D eigenvalue weighted by molar-refractivity contribution is 5.67. The van der Waals surface area contributed by atoms with Gasteiger partial charge in [-0.1, -0.05) is 12.1 Å². The molecule has 2 atom stereocenters. The van der Waals surface area contributed by atoms with Crippen molar-refractivity contribution in [2.45, 2.75) is 18.9 Å². The van der Waals surface area contributed by atoms with Crippen LogP contribution >= 0.6 is 0 Å². The zero-order valence-electron chi connectivity index (χ0n) is 13.5. The summed E-state index contributed by atoms with van der Waals surface area (Å²) >= 11 is 0. The van der Waals surface area contributed by atoms with Crippen molar-refractivity contribution in [2.24, 2.45) is 5.92 Å². The average Bonchev–Trinajstić information content (AvgIpc) is 3.54. The predicted molar refractivity (Wildman–Crippen MR) is 92.3 cm³/mol. The van der Waals surface area contributed by atoms with Crippen molar-refractivity contribution in [3.63, 3.8) is 0 Å². The van der Waals surface area contributed by atoms with Crippen molar-refractivity contribution in [1.82, 2.24) is 9.88 Å². The lowest BCUT2D eigenvalue weighted by Crippen LogP contribution is -2.13. The van der Waals surface area contributed by atoms with Gasteiger partial charge < -0.3 is 10.1 Å². The molecule has 5 nitrogen and oxygen atoms in total. The lowest BCUT2D eigenvalue weighted by molar-refractivity contribution is 0.293. The molecule has 0 spiro atoms. The lowest BCUT2D eigenvalue weighted by atomic mass is 10.2. The van der Waals surface area contributed by atoms with Gasteiger partial charge in [0.1, 0.15) is 24.2 Å². The summed E-state index contributed by atoms with van der Waals surface area (Å²) in [5.74, 6) is 2.28. The summed E-state index contributed by atoms with van der Waals surface area (Å²) in [6.45, 7) is 3.08. The average molecular weight is 320 g/mol. The maximum atomic E-state index is 9.19. The lowest BCUT2D eigenvalue weighted by Gasteiger charge is -2.13. The Labute approximate surface area is 141 Å². The van der Waals surface area contributed by atoms with Crippen molar-refractivity contribution in [2.75, 3.05) is 25.0 Å². The number of ether oxygens (including phenoxy) is 1. The molecule has 0 bridgehead atoms. The third kappa shape index (κ3) is 3.50. The topological polar surface area (TPSA) is 60.9 Å².